The van der Waals surface area contributed by atoms with E-state index in [1.54, 1.807) is 0 Å². The number of aryl methyl sites for hydroxylation is 1. The molecule has 1 unspecified atom stereocenters. The number of aromatic nitrogens is 5. The lowest BCUT2D eigenvalue weighted by Gasteiger charge is -2.30. The van der Waals surface area contributed by atoms with Gasteiger partial charge in [-0.1, -0.05) is 6.07 Å². The maximum Gasteiger partial charge on any atom is 0.340 e. The highest BCUT2D eigenvalue weighted by Crippen LogP contribution is 2.24. The molecule has 7 nitrogen and oxygen atoms in total. The summed E-state index contributed by atoms with van der Waals surface area (Å²) in [6.45, 7) is 4.86. The van der Waals surface area contributed by atoms with Crippen molar-refractivity contribution in [3.05, 3.63) is 52.1 Å². The molecule has 0 spiro atoms. The standard InChI is InChI=1S/C16H20N6O/c1-11-4-5-14-17-13(10-22(14)7-11)9-21-6-2-3-12(8-21)15-18-16(23)20-19-15/h4-5,7,10,12H,2-3,6,8-9H2,1H3,(H2,18,19,20,23). The van der Waals surface area contributed by atoms with E-state index in [1.807, 2.05) is 6.07 Å². The van der Waals surface area contributed by atoms with Gasteiger partial charge in [0.15, 0.2) is 0 Å². The number of rotatable bonds is 3. The zero-order valence-corrected chi connectivity index (χ0v) is 13.1. The molecule has 1 saturated heterocycles. The Morgan fingerprint density at radius 1 is 1.35 bits per heavy atom. The molecule has 0 bridgehead atoms. The second-order valence-electron chi connectivity index (χ2n) is 6.34. The lowest BCUT2D eigenvalue weighted by atomic mass is 9.97. The molecule has 1 aliphatic rings. The first-order valence-electron chi connectivity index (χ1n) is 7.98. The number of pyridine rings is 1. The fourth-order valence-corrected chi connectivity index (χ4v) is 3.36. The number of H-pyrrole nitrogens is 2. The van der Waals surface area contributed by atoms with Gasteiger partial charge in [0.25, 0.3) is 0 Å². The van der Waals surface area contributed by atoms with Gasteiger partial charge in [0.05, 0.1) is 5.69 Å². The zero-order chi connectivity index (χ0) is 15.8. The largest absolute Gasteiger partial charge is 0.340 e. The molecule has 3 aromatic heterocycles. The van der Waals surface area contributed by atoms with Crippen molar-refractivity contribution in [3.63, 3.8) is 0 Å². The predicted octanol–water partition coefficient (Wildman–Crippen LogP) is 1.43. The Kier molecular flexibility index (Phi) is 3.49. The smallest absolute Gasteiger partial charge is 0.307 e. The van der Waals surface area contributed by atoms with Crippen LogP contribution in [-0.4, -0.2) is 42.6 Å². The number of likely N-dealkylation sites (tertiary alicyclic amines) is 1. The molecule has 3 aromatic rings. The molecule has 1 fully saturated rings. The molecule has 23 heavy (non-hydrogen) atoms. The maximum absolute atomic E-state index is 11.2. The van der Waals surface area contributed by atoms with E-state index in [2.05, 4.69) is 49.9 Å². The number of aromatic amines is 2. The number of hydrogen-bond acceptors (Lipinski definition) is 4. The normalized spacial score (nSPS) is 19.4. The summed E-state index contributed by atoms with van der Waals surface area (Å²) in [6, 6.07) is 4.13. The molecule has 7 heteroatoms. The van der Waals surface area contributed by atoms with Crippen LogP contribution in [-0.2, 0) is 6.54 Å². The van der Waals surface area contributed by atoms with Crippen molar-refractivity contribution in [2.75, 3.05) is 13.1 Å². The van der Waals surface area contributed by atoms with Crippen LogP contribution in [0.3, 0.4) is 0 Å². The fourth-order valence-electron chi connectivity index (χ4n) is 3.36. The Morgan fingerprint density at radius 3 is 3.09 bits per heavy atom. The minimum Gasteiger partial charge on any atom is -0.307 e. The van der Waals surface area contributed by atoms with Crippen LogP contribution in [0.15, 0.2) is 29.3 Å². The first-order valence-corrected chi connectivity index (χ1v) is 7.98. The van der Waals surface area contributed by atoms with Crippen molar-refractivity contribution in [2.24, 2.45) is 0 Å². The number of imidazole rings is 1. The van der Waals surface area contributed by atoms with E-state index in [4.69, 9.17) is 4.98 Å². The topological polar surface area (TPSA) is 82.1 Å². The molecule has 0 aromatic carbocycles. The monoisotopic (exact) mass is 312 g/mol. The summed E-state index contributed by atoms with van der Waals surface area (Å²) >= 11 is 0. The maximum atomic E-state index is 11.2. The van der Waals surface area contributed by atoms with Crippen LogP contribution >= 0.6 is 0 Å². The molecule has 2 N–H and O–H groups in total. The van der Waals surface area contributed by atoms with E-state index >= 15 is 0 Å². The highest BCUT2D eigenvalue weighted by atomic mass is 16.1. The van der Waals surface area contributed by atoms with E-state index in [0.717, 1.165) is 49.6 Å². The predicted molar refractivity (Wildman–Crippen MR) is 86.4 cm³/mol. The lowest BCUT2D eigenvalue weighted by molar-refractivity contribution is 0.195. The first-order chi connectivity index (χ1) is 11.2. The number of fused-ring (bicyclic) bond motifs is 1. The van der Waals surface area contributed by atoms with Crippen molar-refractivity contribution in [3.8, 4) is 0 Å². The second kappa shape index (κ2) is 5.66. The van der Waals surface area contributed by atoms with E-state index in [-0.39, 0.29) is 11.6 Å². The summed E-state index contributed by atoms with van der Waals surface area (Å²) in [7, 11) is 0. The van der Waals surface area contributed by atoms with Gasteiger partial charge in [0, 0.05) is 31.4 Å². The molecule has 1 aliphatic heterocycles. The molecule has 0 saturated carbocycles. The number of piperidine rings is 1. The number of nitrogens with zero attached hydrogens (tertiary/aromatic N) is 4. The Balaban J connectivity index is 1.49. The van der Waals surface area contributed by atoms with Gasteiger partial charge in [0.2, 0.25) is 0 Å². The Hall–Kier alpha value is -2.41. The Bertz CT molecular complexity index is 876. The quantitative estimate of drug-likeness (QED) is 0.766. The lowest BCUT2D eigenvalue weighted by Crippen LogP contribution is -2.34. The van der Waals surface area contributed by atoms with E-state index in [0.29, 0.717) is 0 Å². The van der Waals surface area contributed by atoms with Crippen LogP contribution in [0.2, 0.25) is 0 Å². The molecule has 0 amide bonds. The third kappa shape index (κ3) is 2.92. The number of hydrogen-bond donors (Lipinski definition) is 2. The van der Waals surface area contributed by atoms with Crippen LogP contribution in [0.5, 0.6) is 0 Å². The van der Waals surface area contributed by atoms with Crippen LogP contribution in [0.25, 0.3) is 5.65 Å². The average molecular weight is 312 g/mol. The highest BCUT2D eigenvalue weighted by molar-refractivity contribution is 5.41. The minimum absolute atomic E-state index is 0.229. The van der Waals surface area contributed by atoms with Gasteiger partial charge in [-0.05, 0) is 37.9 Å². The van der Waals surface area contributed by atoms with Gasteiger partial charge in [-0.2, -0.15) is 5.10 Å². The van der Waals surface area contributed by atoms with Crippen molar-refractivity contribution in [2.45, 2.75) is 32.2 Å². The van der Waals surface area contributed by atoms with Gasteiger partial charge < -0.3 is 4.40 Å². The molecule has 1 atom stereocenters. The van der Waals surface area contributed by atoms with Crippen LogP contribution in [0, 0.1) is 6.92 Å². The molecular weight excluding hydrogens is 292 g/mol. The van der Waals surface area contributed by atoms with E-state index in [9.17, 15) is 4.79 Å². The zero-order valence-electron chi connectivity index (χ0n) is 13.1. The summed E-state index contributed by atoms with van der Waals surface area (Å²) < 4.78 is 2.08. The average Bonchev–Trinajstić information content (AvgIpc) is 3.13. The first kappa shape index (κ1) is 14.2. The van der Waals surface area contributed by atoms with E-state index < -0.39 is 0 Å². The van der Waals surface area contributed by atoms with E-state index in [1.165, 1.54) is 5.56 Å². The third-order valence-corrected chi connectivity index (χ3v) is 4.45. The van der Waals surface area contributed by atoms with Crippen molar-refractivity contribution in [1.82, 2.24) is 29.5 Å². The van der Waals surface area contributed by atoms with Crippen molar-refractivity contribution < 1.29 is 0 Å². The molecule has 0 aliphatic carbocycles. The molecular formula is C16H20N6O. The van der Waals surface area contributed by atoms with Gasteiger partial charge in [-0.15, -0.1) is 0 Å². The minimum atomic E-state index is -0.229. The fraction of sp³-hybridized carbons (Fsp3) is 0.438. The van der Waals surface area contributed by atoms with Crippen LogP contribution < -0.4 is 5.69 Å². The highest BCUT2D eigenvalue weighted by Gasteiger charge is 2.24. The summed E-state index contributed by atoms with van der Waals surface area (Å²) in [4.78, 5) is 21.1. The number of nitrogens with one attached hydrogen (secondary N) is 2. The van der Waals surface area contributed by atoms with Gasteiger partial charge in [-0.25, -0.2) is 14.9 Å². The second-order valence-corrected chi connectivity index (χ2v) is 6.34. The summed E-state index contributed by atoms with van der Waals surface area (Å²) in [5.41, 5.74) is 3.05. The van der Waals surface area contributed by atoms with Crippen molar-refractivity contribution >= 4 is 5.65 Å². The SMILES string of the molecule is Cc1ccc2nc(CN3CCCC(c4n[nH]c(=O)[nH]4)C3)cn2c1. The summed E-state index contributed by atoms with van der Waals surface area (Å²) in [5, 5.41) is 6.54. The molecule has 4 heterocycles. The molecule has 120 valence electrons. The summed E-state index contributed by atoms with van der Waals surface area (Å²) in [5.74, 6) is 1.05. The third-order valence-electron chi connectivity index (χ3n) is 4.45. The van der Waals surface area contributed by atoms with Crippen LogP contribution in [0.1, 0.15) is 35.8 Å². The molecule has 0 radical (unpaired) electrons. The van der Waals surface area contributed by atoms with Crippen molar-refractivity contribution in [1.29, 1.82) is 0 Å². The van der Waals surface area contributed by atoms with Gasteiger partial charge >= 0.3 is 5.69 Å². The van der Waals surface area contributed by atoms with Gasteiger partial charge in [-0.3, -0.25) is 9.88 Å². The molecule has 4 rings (SSSR count). The summed E-state index contributed by atoms with van der Waals surface area (Å²) in [6.07, 6.45) is 6.36. The van der Waals surface area contributed by atoms with Crippen LogP contribution in [0.4, 0.5) is 0 Å². The van der Waals surface area contributed by atoms with Gasteiger partial charge in [0.1, 0.15) is 11.5 Å². The Labute approximate surface area is 133 Å². The Morgan fingerprint density at radius 2 is 2.26 bits per heavy atom.